The minimum atomic E-state index is -0.548. The van der Waals surface area contributed by atoms with Gasteiger partial charge in [-0.05, 0) is 38.3 Å². The van der Waals surface area contributed by atoms with Gasteiger partial charge in [-0.15, -0.1) is 22.7 Å². The third-order valence-corrected chi connectivity index (χ3v) is 7.10. The first-order chi connectivity index (χ1) is 15.0. The predicted octanol–water partition coefficient (Wildman–Crippen LogP) is 2.14. The number of rotatable bonds is 8. The number of thiazole rings is 2. The minimum Gasteiger partial charge on any atom is -0.463 e. The van der Waals surface area contributed by atoms with E-state index in [2.05, 4.69) is 4.98 Å². The van der Waals surface area contributed by atoms with Gasteiger partial charge < -0.3 is 9.64 Å². The number of carbonyl (C=O) groups excluding carboxylic acids is 2. The summed E-state index contributed by atoms with van der Waals surface area (Å²) in [5, 5.41) is 6.76. The summed E-state index contributed by atoms with van der Waals surface area (Å²) in [7, 11) is 0. The zero-order valence-corrected chi connectivity index (χ0v) is 19.9. The fourth-order valence-corrected chi connectivity index (χ4v) is 5.40. The van der Waals surface area contributed by atoms with Crippen LogP contribution in [0.3, 0.4) is 0 Å². The van der Waals surface area contributed by atoms with Crippen molar-refractivity contribution in [2.45, 2.75) is 27.3 Å². The van der Waals surface area contributed by atoms with E-state index in [0.717, 1.165) is 21.9 Å². The molecule has 0 bridgehead atoms. The van der Waals surface area contributed by atoms with Crippen LogP contribution in [0.5, 0.6) is 0 Å². The van der Waals surface area contributed by atoms with Crippen LogP contribution in [0.4, 0.5) is 0 Å². The lowest BCUT2D eigenvalue weighted by Crippen LogP contribution is -2.40. The minimum absolute atomic E-state index is 0.132. The molecule has 0 aliphatic rings. The number of esters is 1. The lowest BCUT2D eigenvalue weighted by atomic mass is 10.3. The molecule has 31 heavy (non-hydrogen) atoms. The molecule has 0 N–H and O–H groups in total. The Hall–Kier alpha value is -2.56. The first kappa shape index (κ1) is 23.1. The van der Waals surface area contributed by atoms with Gasteiger partial charge in [0, 0.05) is 29.4 Å². The van der Waals surface area contributed by atoms with Crippen molar-refractivity contribution >= 4 is 58.0 Å². The Bertz CT molecular complexity index is 1220. The van der Waals surface area contributed by atoms with E-state index in [-0.39, 0.29) is 24.6 Å². The van der Waals surface area contributed by atoms with Crippen LogP contribution in [0.1, 0.15) is 26.5 Å². The van der Waals surface area contributed by atoms with E-state index in [1.807, 2.05) is 36.1 Å². The molecule has 0 aromatic carbocycles. The number of ether oxygens (including phenoxy) is 1. The normalized spacial score (nSPS) is 12.4. The second kappa shape index (κ2) is 10.7. The number of aromatic nitrogens is 2. The highest BCUT2D eigenvalue weighted by Gasteiger charge is 2.15. The molecule has 10 heteroatoms. The van der Waals surface area contributed by atoms with Crippen LogP contribution in [-0.2, 0) is 20.9 Å². The molecule has 7 nitrogen and oxygen atoms in total. The lowest BCUT2D eigenvalue weighted by Gasteiger charge is -2.18. The van der Waals surface area contributed by atoms with Crippen molar-refractivity contribution in [3.63, 3.8) is 0 Å². The van der Waals surface area contributed by atoms with Gasteiger partial charge in [0.15, 0.2) is 0 Å². The quantitative estimate of drug-likeness (QED) is 0.465. The standard InChI is InChI=1S/C21H23N3O4S3/c1-4-23(5-2)17(25)11-24-18(10-19(26)28-6-3)31-16(21(24)27)9-15-13-30-20(22-15)14-7-8-29-12-14/h7-10,12-13H,4-6,11H2,1-3H3. The first-order valence-corrected chi connectivity index (χ1v) is 12.5. The fraction of sp³-hybridized carbons (Fsp3) is 0.333. The Labute approximate surface area is 191 Å². The summed E-state index contributed by atoms with van der Waals surface area (Å²) in [6.45, 7) is 6.68. The van der Waals surface area contributed by atoms with Crippen LogP contribution in [-0.4, -0.2) is 46.0 Å². The maximum absolute atomic E-state index is 13.1. The molecule has 164 valence electrons. The first-order valence-electron chi connectivity index (χ1n) is 9.82. The molecule has 0 fully saturated rings. The van der Waals surface area contributed by atoms with Crippen molar-refractivity contribution in [2.24, 2.45) is 0 Å². The van der Waals surface area contributed by atoms with Gasteiger partial charge in [-0.3, -0.25) is 14.2 Å². The zero-order valence-electron chi connectivity index (χ0n) is 17.5. The van der Waals surface area contributed by atoms with Gasteiger partial charge in [-0.2, -0.15) is 11.3 Å². The fourth-order valence-electron chi connectivity index (χ4n) is 2.89. The van der Waals surface area contributed by atoms with Gasteiger partial charge in [-0.25, -0.2) is 9.78 Å². The van der Waals surface area contributed by atoms with Gasteiger partial charge in [0.1, 0.15) is 16.2 Å². The Kier molecular flexibility index (Phi) is 7.94. The van der Waals surface area contributed by atoms with Gasteiger partial charge in [0.2, 0.25) is 5.91 Å². The van der Waals surface area contributed by atoms with Crippen LogP contribution in [0.25, 0.3) is 22.7 Å². The number of nitrogens with zero attached hydrogens (tertiary/aromatic N) is 3. The number of amides is 1. The molecule has 0 unspecified atom stereocenters. The maximum Gasteiger partial charge on any atom is 0.333 e. The van der Waals surface area contributed by atoms with Crippen LogP contribution >= 0.6 is 34.0 Å². The summed E-state index contributed by atoms with van der Waals surface area (Å²) < 4.78 is 7.11. The topological polar surface area (TPSA) is 81.5 Å². The highest BCUT2D eigenvalue weighted by Crippen LogP contribution is 2.25. The summed E-state index contributed by atoms with van der Waals surface area (Å²) in [5.41, 5.74) is 1.37. The lowest BCUT2D eigenvalue weighted by molar-refractivity contribution is -0.135. The molecule has 0 atom stereocenters. The van der Waals surface area contributed by atoms with Gasteiger partial charge >= 0.3 is 5.97 Å². The zero-order chi connectivity index (χ0) is 22.4. The summed E-state index contributed by atoms with van der Waals surface area (Å²) in [6.07, 6.45) is 2.96. The molecular formula is C21H23N3O4S3. The van der Waals surface area contributed by atoms with Crippen LogP contribution in [0, 0.1) is 0 Å². The molecule has 0 aliphatic heterocycles. The molecule has 0 saturated heterocycles. The van der Waals surface area contributed by atoms with Crippen LogP contribution < -0.4 is 14.8 Å². The Morgan fingerprint density at radius 2 is 2.00 bits per heavy atom. The van der Waals surface area contributed by atoms with E-state index >= 15 is 0 Å². The van der Waals surface area contributed by atoms with Gasteiger partial charge in [0.05, 0.1) is 22.9 Å². The maximum atomic E-state index is 13.1. The monoisotopic (exact) mass is 477 g/mol. The Balaban J connectivity index is 2.04. The second-order valence-corrected chi connectivity index (χ2v) is 9.09. The number of likely N-dealkylation sites (N-methyl/N-ethyl adjacent to an activating group) is 1. The third-order valence-electron chi connectivity index (χ3n) is 4.44. The molecule has 0 saturated carbocycles. The van der Waals surface area contributed by atoms with E-state index in [1.165, 1.54) is 22.0 Å². The summed E-state index contributed by atoms with van der Waals surface area (Å²) in [5.74, 6) is -0.726. The van der Waals surface area contributed by atoms with Crippen molar-refractivity contribution in [3.8, 4) is 10.6 Å². The summed E-state index contributed by atoms with van der Waals surface area (Å²) >= 11 is 4.24. The van der Waals surface area contributed by atoms with Crippen molar-refractivity contribution in [1.29, 1.82) is 0 Å². The Morgan fingerprint density at radius 1 is 1.23 bits per heavy atom. The molecule has 0 aliphatic carbocycles. The van der Waals surface area contributed by atoms with E-state index in [1.54, 1.807) is 29.2 Å². The molecule has 3 aromatic heterocycles. The van der Waals surface area contributed by atoms with Gasteiger partial charge in [0.25, 0.3) is 5.56 Å². The molecular weight excluding hydrogens is 454 g/mol. The number of thiophene rings is 1. The van der Waals surface area contributed by atoms with Crippen molar-refractivity contribution < 1.29 is 14.3 Å². The predicted molar refractivity (Wildman–Crippen MR) is 126 cm³/mol. The average Bonchev–Trinajstić information content (AvgIpc) is 3.48. The highest BCUT2D eigenvalue weighted by molar-refractivity contribution is 7.14. The van der Waals surface area contributed by atoms with Gasteiger partial charge in [-0.1, -0.05) is 0 Å². The average molecular weight is 478 g/mol. The van der Waals surface area contributed by atoms with Crippen LogP contribution in [0.2, 0.25) is 0 Å². The smallest absolute Gasteiger partial charge is 0.333 e. The van der Waals surface area contributed by atoms with Crippen molar-refractivity contribution in [3.05, 3.63) is 47.4 Å². The SMILES string of the molecule is CCOC(=O)C=c1sc(=Cc2csc(-c3ccsc3)n2)c(=O)n1CC(=O)N(CC)CC. The van der Waals surface area contributed by atoms with Crippen LogP contribution in [0.15, 0.2) is 27.0 Å². The number of hydrogen-bond acceptors (Lipinski definition) is 8. The highest BCUT2D eigenvalue weighted by atomic mass is 32.1. The Morgan fingerprint density at radius 3 is 2.65 bits per heavy atom. The molecule has 3 heterocycles. The molecule has 1 amide bonds. The van der Waals surface area contributed by atoms with Crippen molar-refractivity contribution in [2.75, 3.05) is 19.7 Å². The molecule has 0 spiro atoms. The van der Waals surface area contributed by atoms with Crippen molar-refractivity contribution in [1.82, 2.24) is 14.5 Å². The molecule has 3 aromatic rings. The second-order valence-electron chi connectivity index (χ2n) is 6.39. The third kappa shape index (κ3) is 5.57. The summed E-state index contributed by atoms with van der Waals surface area (Å²) in [6, 6.07) is 2.00. The molecule has 3 rings (SSSR count). The number of hydrogen-bond donors (Lipinski definition) is 0. The summed E-state index contributed by atoms with van der Waals surface area (Å²) in [4.78, 5) is 43.9. The van der Waals surface area contributed by atoms with E-state index in [0.29, 0.717) is 28.0 Å². The van der Waals surface area contributed by atoms with E-state index in [4.69, 9.17) is 4.74 Å². The van der Waals surface area contributed by atoms with E-state index in [9.17, 15) is 14.4 Å². The largest absolute Gasteiger partial charge is 0.463 e. The molecule has 0 radical (unpaired) electrons. The number of carbonyl (C=O) groups is 2. The van der Waals surface area contributed by atoms with E-state index < -0.39 is 5.97 Å².